The van der Waals surface area contributed by atoms with Gasteiger partial charge in [-0.05, 0) is 5.92 Å². The first-order valence-corrected chi connectivity index (χ1v) is 4.01. The number of carboxylic acid groups (broad SMARTS) is 1. The predicted molar refractivity (Wildman–Crippen MR) is 44.7 cm³/mol. The van der Waals surface area contributed by atoms with Gasteiger partial charge in [0.15, 0.2) is 0 Å². The molecule has 2 N–H and O–H groups in total. The van der Waals surface area contributed by atoms with Gasteiger partial charge < -0.3 is 10.4 Å². The summed E-state index contributed by atoms with van der Waals surface area (Å²) in [6.45, 7) is 5.21. The van der Waals surface area contributed by atoms with Gasteiger partial charge in [-0.15, -0.1) is 0 Å². The highest BCUT2D eigenvalue weighted by Gasteiger charge is 2.22. The minimum Gasteiger partial charge on any atom is -0.480 e. The van der Waals surface area contributed by atoms with E-state index >= 15 is 0 Å². The minimum atomic E-state index is -0.980. The molecule has 0 bridgehead atoms. The van der Waals surface area contributed by atoms with Crippen molar-refractivity contribution in [3.63, 3.8) is 0 Å². The third kappa shape index (κ3) is 3.37. The van der Waals surface area contributed by atoms with E-state index in [1.807, 2.05) is 0 Å². The van der Waals surface area contributed by atoms with Crippen molar-refractivity contribution in [2.24, 2.45) is 5.92 Å². The van der Waals surface area contributed by atoms with Crippen molar-refractivity contribution in [2.75, 3.05) is 0 Å². The van der Waals surface area contributed by atoms with Gasteiger partial charge in [-0.2, -0.15) is 0 Å². The molecule has 0 rings (SSSR count). The fraction of sp³-hybridized carbons (Fsp3) is 0.750. The third-order valence-corrected chi connectivity index (χ3v) is 1.57. The van der Waals surface area contributed by atoms with Crippen LogP contribution in [0.1, 0.15) is 27.2 Å². The van der Waals surface area contributed by atoms with Crippen LogP contribution in [0, 0.1) is 5.92 Å². The fourth-order valence-electron chi connectivity index (χ4n) is 0.789. The summed E-state index contributed by atoms with van der Waals surface area (Å²) >= 11 is 0. The van der Waals surface area contributed by atoms with Gasteiger partial charge in [-0.3, -0.25) is 4.79 Å². The first-order valence-electron chi connectivity index (χ1n) is 4.01. The lowest BCUT2D eigenvalue weighted by Crippen LogP contribution is -2.44. The molecule has 0 aromatic heterocycles. The van der Waals surface area contributed by atoms with Gasteiger partial charge in [-0.1, -0.05) is 20.8 Å². The van der Waals surface area contributed by atoms with Crippen LogP contribution >= 0.6 is 0 Å². The lowest BCUT2D eigenvalue weighted by Gasteiger charge is -2.17. The number of carbonyl (C=O) groups is 2. The van der Waals surface area contributed by atoms with Crippen molar-refractivity contribution >= 4 is 11.9 Å². The van der Waals surface area contributed by atoms with Crippen LogP contribution in [0.25, 0.3) is 0 Å². The molecule has 0 aromatic carbocycles. The Morgan fingerprint density at radius 3 is 2.17 bits per heavy atom. The molecule has 1 atom stereocenters. The van der Waals surface area contributed by atoms with Crippen LogP contribution < -0.4 is 5.32 Å². The Hall–Kier alpha value is -1.06. The normalized spacial score (nSPS) is 12.7. The fourth-order valence-corrected chi connectivity index (χ4v) is 0.789. The molecule has 1 unspecified atom stereocenters. The maximum atomic E-state index is 10.9. The van der Waals surface area contributed by atoms with Gasteiger partial charge in [0.1, 0.15) is 6.04 Å². The van der Waals surface area contributed by atoms with E-state index in [0.717, 1.165) is 0 Å². The largest absolute Gasteiger partial charge is 0.480 e. The Morgan fingerprint density at radius 2 is 1.92 bits per heavy atom. The van der Waals surface area contributed by atoms with Crippen LogP contribution in [0.15, 0.2) is 0 Å². The van der Waals surface area contributed by atoms with E-state index in [4.69, 9.17) is 5.11 Å². The van der Waals surface area contributed by atoms with Crippen LogP contribution in [-0.4, -0.2) is 23.0 Å². The number of hydrogen-bond donors (Lipinski definition) is 2. The highest BCUT2D eigenvalue weighted by atomic mass is 16.4. The second kappa shape index (κ2) is 4.74. The summed E-state index contributed by atoms with van der Waals surface area (Å²) < 4.78 is 0. The maximum Gasteiger partial charge on any atom is 0.326 e. The average molecular weight is 173 g/mol. The molecule has 70 valence electrons. The highest BCUT2D eigenvalue weighted by Crippen LogP contribution is 2.01. The van der Waals surface area contributed by atoms with E-state index < -0.39 is 12.0 Å². The SMILES string of the molecule is CCC(=O)NC(C(=O)O)C(C)C. The summed E-state index contributed by atoms with van der Waals surface area (Å²) in [4.78, 5) is 21.4. The van der Waals surface area contributed by atoms with Gasteiger partial charge in [0.2, 0.25) is 5.91 Å². The number of carboxylic acids is 1. The van der Waals surface area contributed by atoms with Crippen LogP contribution in [0.3, 0.4) is 0 Å². The van der Waals surface area contributed by atoms with Crippen LogP contribution in [-0.2, 0) is 9.59 Å². The van der Waals surface area contributed by atoms with Crippen molar-refractivity contribution < 1.29 is 14.7 Å². The third-order valence-electron chi connectivity index (χ3n) is 1.57. The first kappa shape index (κ1) is 10.9. The lowest BCUT2D eigenvalue weighted by molar-refractivity contribution is -0.143. The quantitative estimate of drug-likeness (QED) is 0.655. The van der Waals surface area contributed by atoms with Crippen molar-refractivity contribution in [2.45, 2.75) is 33.2 Å². The molecule has 0 aliphatic rings. The lowest BCUT2D eigenvalue weighted by atomic mass is 10.0. The monoisotopic (exact) mass is 173 g/mol. The molecule has 12 heavy (non-hydrogen) atoms. The van der Waals surface area contributed by atoms with Crippen molar-refractivity contribution in [1.29, 1.82) is 0 Å². The zero-order valence-electron chi connectivity index (χ0n) is 7.63. The molecular formula is C8H15NO3. The molecule has 0 heterocycles. The van der Waals surface area contributed by atoms with Crippen molar-refractivity contribution in [3.8, 4) is 0 Å². The van der Waals surface area contributed by atoms with Crippen molar-refractivity contribution in [1.82, 2.24) is 5.32 Å². The topological polar surface area (TPSA) is 66.4 Å². The standard InChI is InChI=1S/C8H15NO3/c1-4-6(10)9-7(5(2)3)8(11)12/h5,7H,4H2,1-3H3,(H,9,10)(H,11,12). The second-order valence-electron chi connectivity index (χ2n) is 2.98. The smallest absolute Gasteiger partial charge is 0.326 e. The number of aliphatic carboxylic acids is 1. The Labute approximate surface area is 72.0 Å². The molecule has 0 aliphatic heterocycles. The molecule has 0 saturated heterocycles. The number of carbonyl (C=O) groups excluding carboxylic acids is 1. The summed E-state index contributed by atoms with van der Waals surface area (Å²) in [5, 5.41) is 11.1. The zero-order chi connectivity index (χ0) is 9.72. The molecule has 0 radical (unpaired) electrons. The number of hydrogen-bond acceptors (Lipinski definition) is 2. The van der Waals surface area contributed by atoms with Gasteiger partial charge in [0.25, 0.3) is 0 Å². The Balaban J connectivity index is 4.14. The summed E-state index contributed by atoms with van der Waals surface area (Å²) in [5.74, 6) is -1.29. The summed E-state index contributed by atoms with van der Waals surface area (Å²) in [7, 11) is 0. The van der Waals surface area contributed by atoms with Crippen LogP contribution in [0.5, 0.6) is 0 Å². The summed E-state index contributed by atoms with van der Waals surface area (Å²) in [5.41, 5.74) is 0. The van der Waals surface area contributed by atoms with Gasteiger partial charge in [-0.25, -0.2) is 4.79 Å². The van der Waals surface area contributed by atoms with Crippen molar-refractivity contribution in [3.05, 3.63) is 0 Å². The van der Waals surface area contributed by atoms with Gasteiger partial charge in [0.05, 0.1) is 0 Å². The van der Waals surface area contributed by atoms with E-state index in [1.165, 1.54) is 0 Å². The van der Waals surface area contributed by atoms with E-state index in [-0.39, 0.29) is 11.8 Å². The van der Waals surface area contributed by atoms with E-state index in [0.29, 0.717) is 6.42 Å². The maximum absolute atomic E-state index is 10.9. The number of amides is 1. The molecule has 4 nitrogen and oxygen atoms in total. The minimum absolute atomic E-state index is 0.0852. The summed E-state index contributed by atoms with van der Waals surface area (Å²) in [6.07, 6.45) is 0.316. The number of nitrogens with one attached hydrogen (secondary N) is 1. The Bertz CT molecular complexity index is 177. The Morgan fingerprint density at radius 1 is 1.42 bits per heavy atom. The molecule has 0 spiro atoms. The van der Waals surface area contributed by atoms with Gasteiger partial charge >= 0.3 is 5.97 Å². The second-order valence-corrected chi connectivity index (χ2v) is 2.98. The molecular weight excluding hydrogens is 158 g/mol. The molecule has 0 aliphatic carbocycles. The van der Waals surface area contributed by atoms with E-state index in [2.05, 4.69) is 5.32 Å². The molecule has 0 fully saturated rings. The van der Waals surface area contributed by atoms with E-state index in [9.17, 15) is 9.59 Å². The zero-order valence-corrected chi connectivity index (χ0v) is 7.63. The molecule has 1 amide bonds. The van der Waals surface area contributed by atoms with E-state index in [1.54, 1.807) is 20.8 Å². The van der Waals surface area contributed by atoms with Crippen LogP contribution in [0.4, 0.5) is 0 Å². The molecule has 0 saturated carbocycles. The molecule has 4 heteroatoms. The Kier molecular flexibility index (Phi) is 4.33. The van der Waals surface area contributed by atoms with Gasteiger partial charge in [0, 0.05) is 6.42 Å². The first-order chi connectivity index (χ1) is 5.49. The summed E-state index contributed by atoms with van der Waals surface area (Å²) in [6, 6.07) is -0.766. The highest BCUT2D eigenvalue weighted by molar-refractivity contribution is 5.83. The predicted octanol–water partition coefficient (Wildman–Crippen LogP) is 0.622. The van der Waals surface area contributed by atoms with Crippen LogP contribution in [0.2, 0.25) is 0 Å². The number of rotatable bonds is 4. The molecule has 0 aromatic rings. The average Bonchev–Trinajstić information content (AvgIpc) is 1.98.